The number of aromatic nitrogens is 1. The summed E-state index contributed by atoms with van der Waals surface area (Å²) in [4.78, 5) is 3.75. The lowest BCUT2D eigenvalue weighted by Gasteiger charge is -2.36. The van der Waals surface area contributed by atoms with Crippen LogP contribution in [-0.2, 0) is 10.0 Å². The van der Waals surface area contributed by atoms with E-state index in [0.29, 0.717) is 18.6 Å². The van der Waals surface area contributed by atoms with Gasteiger partial charge in [-0.1, -0.05) is 6.92 Å². The molecule has 7 heteroatoms. The molecule has 0 aromatic carbocycles. The lowest BCUT2D eigenvalue weighted by Crippen LogP contribution is -2.50. The maximum absolute atomic E-state index is 13.8. The number of sulfonamides is 1. The maximum Gasteiger partial charge on any atom is 0.263 e. The van der Waals surface area contributed by atoms with Crippen LogP contribution < -0.4 is 5.32 Å². The van der Waals surface area contributed by atoms with Gasteiger partial charge in [0.05, 0.1) is 0 Å². The van der Waals surface area contributed by atoms with Crippen molar-refractivity contribution in [3.63, 3.8) is 0 Å². The van der Waals surface area contributed by atoms with E-state index in [9.17, 15) is 12.8 Å². The molecule has 2 atom stereocenters. The molecule has 0 amide bonds. The number of halogens is 1. The molecule has 0 spiro atoms. The number of piperidine rings is 1. The molecule has 0 radical (unpaired) electrons. The fourth-order valence-electron chi connectivity index (χ4n) is 3.56. The Balaban J connectivity index is 1.90. The summed E-state index contributed by atoms with van der Waals surface area (Å²) in [6.45, 7) is 2.13. The standard InChI is InChI=1S/C14H20FN3O2S/c1-2-18(12-8-10-5-6-11(9-12)17-10)21(19,20)14-13(15)4-3-7-16-14/h3-4,7,10-12,17H,2,5-6,8-9H2,1H3. The Kier molecular flexibility index (Phi) is 3.98. The number of hydrogen-bond donors (Lipinski definition) is 1. The Bertz CT molecular complexity index is 610. The van der Waals surface area contributed by atoms with Crippen molar-refractivity contribution in [2.45, 2.75) is 55.8 Å². The Hall–Kier alpha value is -1.05. The lowest BCUT2D eigenvalue weighted by molar-refractivity contribution is 0.231. The summed E-state index contributed by atoms with van der Waals surface area (Å²) in [5.41, 5.74) is 0. The predicted octanol–water partition coefficient (Wildman–Crippen LogP) is 1.51. The first-order valence-corrected chi connectivity index (χ1v) is 8.84. The molecule has 2 bridgehead atoms. The highest BCUT2D eigenvalue weighted by molar-refractivity contribution is 7.89. The minimum absolute atomic E-state index is 0.0693. The Labute approximate surface area is 124 Å². The van der Waals surface area contributed by atoms with Crippen LogP contribution in [0, 0.1) is 5.82 Å². The molecule has 0 aliphatic carbocycles. The number of nitrogens with zero attached hydrogens (tertiary/aromatic N) is 2. The third-order valence-corrected chi connectivity index (χ3v) is 6.41. The van der Waals surface area contributed by atoms with Crippen LogP contribution in [0.1, 0.15) is 32.6 Å². The zero-order valence-corrected chi connectivity index (χ0v) is 12.8. The first kappa shape index (κ1) is 14.9. The SMILES string of the molecule is CCN(C1CC2CCC(C1)N2)S(=O)(=O)c1ncccc1F. The van der Waals surface area contributed by atoms with Crippen LogP contribution in [-0.4, -0.2) is 42.4 Å². The van der Waals surface area contributed by atoms with Gasteiger partial charge in [0.25, 0.3) is 10.0 Å². The average Bonchev–Trinajstić information content (AvgIpc) is 2.78. The van der Waals surface area contributed by atoms with Crippen molar-refractivity contribution in [1.82, 2.24) is 14.6 Å². The summed E-state index contributed by atoms with van der Waals surface area (Å²) < 4.78 is 40.7. The molecule has 1 N–H and O–H groups in total. The second kappa shape index (κ2) is 5.62. The quantitative estimate of drug-likeness (QED) is 0.915. The molecule has 3 rings (SSSR count). The highest BCUT2D eigenvalue weighted by atomic mass is 32.2. The van der Waals surface area contributed by atoms with E-state index < -0.39 is 20.9 Å². The van der Waals surface area contributed by atoms with Gasteiger partial charge < -0.3 is 5.32 Å². The van der Waals surface area contributed by atoms with Crippen molar-refractivity contribution in [3.05, 3.63) is 24.1 Å². The van der Waals surface area contributed by atoms with E-state index in [4.69, 9.17) is 0 Å². The van der Waals surface area contributed by atoms with Crippen LogP contribution in [0.4, 0.5) is 4.39 Å². The summed E-state index contributed by atoms with van der Waals surface area (Å²) in [6.07, 6.45) is 5.08. The van der Waals surface area contributed by atoms with E-state index in [0.717, 1.165) is 31.7 Å². The van der Waals surface area contributed by atoms with Gasteiger partial charge in [0.15, 0.2) is 5.82 Å². The van der Waals surface area contributed by atoms with Gasteiger partial charge in [0, 0.05) is 30.9 Å². The van der Waals surface area contributed by atoms with Gasteiger partial charge in [-0.3, -0.25) is 0 Å². The number of fused-ring (bicyclic) bond motifs is 2. The number of rotatable bonds is 4. The Morgan fingerprint density at radius 2 is 2.05 bits per heavy atom. The number of hydrogen-bond acceptors (Lipinski definition) is 4. The first-order chi connectivity index (χ1) is 10.0. The summed E-state index contributed by atoms with van der Waals surface area (Å²) >= 11 is 0. The molecular formula is C14H20FN3O2S. The van der Waals surface area contributed by atoms with Gasteiger partial charge in [0.2, 0.25) is 5.03 Å². The van der Waals surface area contributed by atoms with Crippen LogP contribution in [0.5, 0.6) is 0 Å². The largest absolute Gasteiger partial charge is 0.311 e. The normalized spacial score (nSPS) is 29.0. The highest BCUT2D eigenvalue weighted by Crippen LogP contribution is 2.32. The molecule has 21 heavy (non-hydrogen) atoms. The van der Waals surface area contributed by atoms with E-state index in [2.05, 4.69) is 10.3 Å². The minimum atomic E-state index is -3.88. The van der Waals surface area contributed by atoms with Crippen LogP contribution in [0.15, 0.2) is 23.4 Å². The van der Waals surface area contributed by atoms with E-state index in [1.54, 1.807) is 6.92 Å². The van der Waals surface area contributed by atoms with Crippen LogP contribution in [0.3, 0.4) is 0 Å². The second-order valence-corrected chi connectivity index (χ2v) is 7.57. The fourth-order valence-corrected chi connectivity index (χ4v) is 5.19. The molecule has 1 aromatic heterocycles. The third kappa shape index (κ3) is 2.69. The Morgan fingerprint density at radius 3 is 2.62 bits per heavy atom. The average molecular weight is 313 g/mol. The summed E-state index contributed by atoms with van der Waals surface area (Å²) in [7, 11) is -3.88. The van der Waals surface area contributed by atoms with Crippen molar-refractivity contribution in [2.24, 2.45) is 0 Å². The van der Waals surface area contributed by atoms with Gasteiger partial charge in [-0.25, -0.2) is 17.8 Å². The van der Waals surface area contributed by atoms with Crippen molar-refractivity contribution in [2.75, 3.05) is 6.54 Å². The summed E-state index contributed by atoms with van der Waals surface area (Å²) in [5.74, 6) is -0.784. The molecule has 2 aliphatic rings. The minimum Gasteiger partial charge on any atom is -0.311 e. The summed E-state index contributed by atoms with van der Waals surface area (Å²) in [5, 5.41) is 3.03. The van der Waals surface area contributed by atoms with E-state index in [1.165, 1.54) is 16.6 Å². The summed E-state index contributed by atoms with van der Waals surface area (Å²) in [6, 6.07) is 3.23. The zero-order valence-electron chi connectivity index (χ0n) is 12.0. The number of nitrogens with one attached hydrogen (secondary N) is 1. The van der Waals surface area contributed by atoms with Crippen LogP contribution in [0.25, 0.3) is 0 Å². The zero-order chi connectivity index (χ0) is 15.0. The van der Waals surface area contributed by atoms with Gasteiger partial charge in [-0.15, -0.1) is 0 Å². The van der Waals surface area contributed by atoms with Crippen LogP contribution in [0.2, 0.25) is 0 Å². The first-order valence-electron chi connectivity index (χ1n) is 7.40. The molecule has 2 fully saturated rings. The smallest absolute Gasteiger partial charge is 0.263 e. The van der Waals surface area contributed by atoms with E-state index >= 15 is 0 Å². The molecule has 3 heterocycles. The molecule has 2 saturated heterocycles. The van der Waals surface area contributed by atoms with Crippen molar-refractivity contribution >= 4 is 10.0 Å². The molecule has 0 saturated carbocycles. The third-order valence-electron chi connectivity index (χ3n) is 4.44. The number of pyridine rings is 1. The Morgan fingerprint density at radius 1 is 1.38 bits per heavy atom. The van der Waals surface area contributed by atoms with Crippen molar-refractivity contribution in [3.8, 4) is 0 Å². The molecule has 116 valence electrons. The molecular weight excluding hydrogens is 293 g/mol. The molecule has 5 nitrogen and oxygen atoms in total. The van der Waals surface area contributed by atoms with Gasteiger partial charge in [-0.05, 0) is 37.8 Å². The topological polar surface area (TPSA) is 62.3 Å². The van der Waals surface area contributed by atoms with Gasteiger partial charge >= 0.3 is 0 Å². The highest BCUT2D eigenvalue weighted by Gasteiger charge is 2.40. The molecule has 2 aliphatic heterocycles. The van der Waals surface area contributed by atoms with Crippen molar-refractivity contribution in [1.29, 1.82) is 0 Å². The predicted molar refractivity (Wildman–Crippen MR) is 76.7 cm³/mol. The van der Waals surface area contributed by atoms with Crippen LogP contribution >= 0.6 is 0 Å². The fraction of sp³-hybridized carbons (Fsp3) is 0.643. The monoisotopic (exact) mass is 313 g/mol. The van der Waals surface area contributed by atoms with E-state index in [-0.39, 0.29) is 6.04 Å². The maximum atomic E-state index is 13.8. The second-order valence-electron chi connectivity index (χ2n) is 5.76. The molecule has 1 aromatic rings. The lowest BCUT2D eigenvalue weighted by atomic mass is 10.00. The van der Waals surface area contributed by atoms with Crippen molar-refractivity contribution < 1.29 is 12.8 Å². The van der Waals surface area contributed by atoms with E-state index in [1.807, 2.05) is 0 Å². The van der Waals surface area contributed by atoms with Gasteiger partial charge in [0.1, 0.15) is 0 Å². The van der Waals surface area contributed by atoms with Gasteiger partial charge in [-0.2, -0.15) is 4.31 Å². The molecule has 2 unspecified atom stereocenters.